The van der Waals surface area contributed by atoms with Crippen molar-refractivity contribution in [3.8, 4) is 0 Å². The Kier molecular flexibility index (Phi) is 4.39. The number of anilines is 1. The SMILES string of the molecule is O=C1CC(c2ccc(NCC(O)CCl)cc2)C(=O)N1. The van der Waals surface area contributed by atoms with E-state index < -0.39 is 12.0 Å². The van der Waals surface area contributed by atoms with Crippen LogP contribution in [0.1, 0.15) is 17.9 Å². The Morgan fingerprint density at radius 3 is 2.58 bits per heavy atom. The van der Waals surface area contributed by atoms with E-state index in [1.807, 2.05) is 12.1 Å². The molecule has 0 aliphatic carbocycles. The number of amides is 2. The molecule has 19 heavy (non-hydrogen) atoms. The van der Waals surface area contributed by atoms with Gasteiger partial charge in [0.05, 0.1) is 17.9 Å². The summed E-state index contributed by atoms with van der Waals surface area (Å²) in [6, 6.07) is 7.23. The predicted octanol–water partition coefficient (Wildman–Crippen LogP) is 0.828. The summed E-state index contributed by atoms with van der Waals surface area (Å²) >= 11 is 5.49. The average molecular weight is 283 g/mol. The number of aliphatic hydroxyl groups is 1. The van der Waals surface area contributed by atoms with E-state index in [2.05, 4.69) is 10.6 Å². The van der Waals surface area contributed by atoms with E-state index in [9.17, 15) is 14.7 Å². The molecule has 1 aliphatic rings. The van der Waals surface area contributed by atoms with Crippen LogP contribution in [-0.4, -0.2) is 35.4 Å². The van der Waals surface area contributed by atoms with Gasteiger partial charge in [0, 0.05) is 18.7 Å². The lowest BCUT2D eigenvalue weighted by Gasteiger charge is -2.11. The summed E-state index contributed by atoms with van der Waals surface area (Å²) in [5.41, 5.74) is 1.64. The number of hydrogen-bond donors (Lipinski definition) is 3. The van der Waals surface area contributed by atoms with Crippen LogP contribution >= 0.6 is 11.6 Å². The highest BCUT2D eigenvalue weighted by Gasteiger charge is 2.31. The van der Waals surface area contributed by atoms with Crippen LogP contribution in [0.2, 0.25) is 0 Å². The number of carbonyl (C=O) groups is 2. The summed E-state index contributed by atoms with van der Waals surface area (Å²) in [6.07, 6.45) is -0.393. The minimum Gasteiger partial charge on any atom is -0.390 e. The number of alkyl halides is 1. The van der Waals surface area contributed by atoms with Gasteiger partial charge in [-0.15, -0.1) is 11.6 Å². The topological polar surface area (TPSA) is 78.4 Å². The standard InChI is InChI=1S/C13H15ClN2O3/c14-6-10(17)7-15-9-3-1-8(2-4-9)11-5-12(18)16-13(11)19/h1-4,10-11,15,17H,5-7H2,(H,16,18,19). The molecule has 1 aromatic rings. The normalized spacial score (nSPS) is 20.2. The highest BCUT2D eigenvalue weighted by Crippen LogP contribution is 2.25. The van der Waals surface area contributed by atoms with E-state index in [0.717, 1.165) is 11.3 Å². The van der Waals surface area contributed by atoms with Crippen LogP contribution in [0.15, 0.2) is 24.3 Å². The van der Waals surface area contributed by atoms with Crippen LogP contribution in [0.4, 0.5) is 5.69 Å². The second-order valence-electron chi connectivity index (χ2n) is 4.48. The molecule has 2 atom stereocenters. The Morgan fingerprint density at radius 1 is 1.37 bits per heavy atom. The summed E-state index contributed by atoms with van der Waals surface area (Å²) in [4.78, 5) is 22.7. The van der Waals surface area contributed by atoms with Gasteiger partial charge < -0.3 is 10.4 Å². The molecule has 102 valence electrons. The summed E-state index contributed by atoms with van der Waals surface area (Å²) in [6.45, 7) is 0.366. The molecule has 0 radical (unpaired) electrons. The number of aliphatic hydroxyl groups excluding tert-OH is 1. The van der Waals surface area contributed by atoms with Crippen molar-refractivity contribution in [1.29, 1.82) is 0 Å². The van der Waals surface area contributed by atoms with Gasteiger partial charge in [-0.1, -0.05) is 12.1 Å². The van der Waals surface area contributed by atoms with Gasteiger partial charge >= 0.3 is 0 Å². The van der Waals surface area contributed by atoms with Gasteiger partial charge in [0.25, 0.3) is 0 Å². The van der Waals surface area contributed by atoms with Crippen LogP contribution in [0.25, 0.3) is 0 Å². The van der Waals surface area contributed by atoms with Crippen LogP contribution in [-0.2, 0) is 9.59 Å². The minimum absolute atomic E-state index is 0.176. The number of hydrogen-bond acceptors (Lipinski definition) is 4. The molecule has 0 saturated carbocycles. The average Bonchev–Trinajstić information content (AvgIpc) is 2.75. The molecule has 1 aromatic carbocycles. The van der Waals surface area contributed by atoms with Gasteiger partial charge in [-0.25, -0.2) is 0 Å². The molecular formula is C13H15ClN2O3. The predicted molar refractivity (Wildman–Crippen MR) is 72.2 cm³/mol. The zero-order valence-electron chi connectivity index (χ0n) is 10.2. The van der Waals surface area contributed by atoms with Crippen molar-refractivity contribution < 1.29 is 14.7 Å². The first-order valence-electron chi connectivity index (χ1n) is 6.01. The van der Waals surface area contributed by atoms with E-state index in [4.69, 9.17) is 11.6 Å². The Bertz CT molecular complexity index is 475. The maximum atomic E-state index is 11.5. The molecule has 1 aliphatic heterocycles. The molecule has 0 bridgehead atoms. The van der Waals surface area contributed by atoms with Gasteiger partial charge in [-0.3, -0.25) is 14.9 Å². The first kappa shape index (κ1) is 13.8. The molecule has 2 unspecified atom stereocenters. The van der Waals surface area contributed by atoms with Crippen molar-refractivity contribution in [3.63, 3.8) is 0 Å². The first-order valence-corrected chi connectivity index (χ1v) is 6.55. The second kappa shape index (κ2) is 6.04. The molecule has 1 fully saturated rings. The minimum atomic E-state index is -0.598. The van der Waals surface area contributed by atoms with E-state index in [-0.39, 0.29) is 24.1 Å². The fourth-order valence-electron chi connectivity index (χ4n) is 1.95. The largest absolute Gasteiger partial charge is 0.390 e. The Hall–Kier alpha value is -1.59. The summed E-state index contributed by atoms with van der Waals surface area (Å²) < 4.78 is 0. The van der Waals surface area contributed by atoms with Crippen molar-refractivity contribution in [3.05, 3.63) is 29.8 Å². The van der Waals surface area contributed by atoms with Crippen LogP contribution in [0.3, 0.4) is 0 Å². The molecular weight excluding hydrogens is 268 g/mol. The van der Waals surface area contributed by atoms with Gasteiger partial charge in [-0.05, 0) is 17.7 Å². The van der Waals surface area contributed by atoms with Gasteiger partial charge in [0.15, 0.2) is 0 Å². The highest BCUT2D eigenvalue weighted by atomic mass is 35.5. The number of benzene rings is 1. The molecule has 6 heteroatoms. The van der Waals surface area contributed by atoms with Crippen LogP contribution in [0.5, 0.6) is 0 Å². The lowest BCUT2D eigenvalue weighted by Crippen LogP contribution is -2.21. The van der Waals surface area contributed by atoms with Gasteiger partial charge in [-0.2, -0.15) is 0 Å². The van der Waals surface area contributed by atoms with Crippen molar-refractivity contribution in [1.82, 2.24) is 5.32 Å². The first-order chi connectivity index (χ1) is 9.10. The molecule has 1 saturated heterocycles. The fourth-order valence-corrected chi connectivity index (χ4v) is 2.06. The Labute approximate surface area is 116 Å². The third kappa shape index (κ3) is 3.45. The van der Waals surface area contributed by atoms with Crippen molar-refractivity contribution in [2.75, 3.05) is 17.7 Å². The van der Waals surface area contributed by atoms with Crippen molar-refractivity contribution in [2.45, 2.75) is 18.4 Å². The quantitative estimate of drug-likeness (QED) is 0.552. The lowest BCUT2D eigenvalue weighted by molar-refractivity contribution is -0.125. The van der Waals surface area contributed by atoms with E-state index in [0.29, 0.717) is 6.54 Å². The van der Waals surface area contributed by atoms with Crippen LogP contribution < -0.4 is 10.6 Å². The summed E-state index contributed by atoms with van der Waals surface area (Å²) in [7, 11) is 0. The number of imide groups is 1. The Morgan fingerprint density at radius 2 is 2.05 bits per heavy atom. The summed E-state index contributed by atoms with van der Waals surface area (Å²) in [5, 5.41) is 14.6. The zero-order valence-corrected chi connectivity index (χ0v) is 11.0. The van der Waals surface area contributed by atoms with Gasteiger partial charge in [0.2, 0.25) is 11.8 Å². The monoisotopic (exact) mass is 282 g/mol. The fraction of sp³-hybridized carbons (Fsp3) is 0.385. The summed E-state index contributed by atoms with van der Waals surface area (Å²) in [5.74, 6) is -0.698. The molecule has 3 N–H and O–H groups in total. The molecule has 5 nitrogen and oxygen atoms in total. The third-order valence-electron chi connectivity index (χ3n) is 3.00. The van der Waals surface area contributed by atoms with E-state index in [1.54, 1.807) is 12.1 Å². The maximum Gasteiger partial charge on any atom is 0.234 e. The van der Waals surface area contributed by atoms with Crippen molar-refractivity contribution >= 4 is 29.1 Å². The zero-order chi connectivity index (χ0) is 13.8. The van der Waals surface area contributed by atoms with E-state index >= 15 is 0 Å². The van der Waals surface area contributed by atoms with E-state index in [1.165, 1.54) is 0 Å². The third-order valence-corrected chi connectivity index (χ3v) is 3.36. The second-order valence-corrected chi connectivity index (χ2v) is 4.79. The number of carbonyl (C=O) groups excluding carboxylic acids is 2. The highest BCUT2D eigenvalue weighted by molar-refractivity contribution is 6.18. The molecule has 2 amide bonds. The maximum absolute atomic E-state index is 11.5. The number of halogens is 1. The Balaban J connectivity index is 1.98. The number of rotatable bonds is 5. The number of nitrogens with one attached hydrogen (secondary N) is 2. The lowest BCUT2D eigenvalue weighted by atomic mass is 9.97. The molecule has 0 aromatic heterocycles. The van der Waals surface area contributed by atoms with Crippen LogP contribution in [0, 0.1) is 0 Å². The molecule has 1 heterocycles. The van der Waals surface area contributed by atoms with Crippen molar-refractivity contribution in [2.24, 2.45) is 0 Å². The smallest absolute Gasteiger partial charge is 0.234 e. The van der Waals surface area contributed by atoms with Gasteiger partial charge in [0.1, 0.15) is 0 Å². The molecule has 2 rings (SSSR count). The molecule has 0 spiro atoms.